The summed E-state index contributed by atoms with van der Waals surface area (Å²) in [6, 6.07) is 12.6. The highest BCUT2D eigenvalue weighted by Gasteiger charge is 2.22. The van der Waals surface area contributed by atoms with Crippen LogP contribution in [0, 0.1) is 6.92 Å². The molecule has 0 bridgehead atoms. The molecule has 2 N–H and O–H groups in total. The molecule has 168 valence electrons. The third kappa shape index (κ3) is 5.02. The lowest BCUT2D eigenvalue weighted by Gasteiger charge is -2.12. The van der Waals surface area contributed by atoms with Gasteiger partial charge in [0.05, 0.1) is 29.5 Å². The van der Waals surface area contributed by atoms with Crippen molar-refractivity contribution in [1.82, 2.24) is 14.3 Å². The molecule has 0 aliphatic carbocycles. The summed E-state index contributed by atoms with van der Waals surface area (Å²) in [7, 11) is 3.25. The first-order valence-corrected chi connectivity index (χ1v) is 10.9. The fourth-order valence-electron chi connectivity index (χ4n) is 3.03. The van der Waals surface area contributed by atoms with Crippen LogP contribution >= 0.6 is 11.8 Å². The molecule has 9 nitrogen and oxygen atoms in total. The van der Waals surface area contributed by atoms with Gasteiger partial charge in [0.25, 0.3) is 5.56 Å². The van der Waals surface area contributed by atoms with Crippen molar-refractivity contribution < 1.29 is 14.3 Å². The summed E-state index contributed by atoms with van der Waals surface area (Å²) in [6.45, 7) is 3.45. The number of carbonyl (C=O) groups is 2. The average molecular weight is 456 g/mol. The van der Waals surface area contributed by atoms with Gasteiger partial charge in [0.1, 0.15) is 5.69 Å². The number of nitrogens with one attached hydrogen (secondary N) is 2. The number of hydrogen-bond donors (Lipinski definition) is 2. The molecule has 0 aliphatic rings. The normalized spacial score (nSPS) is 11.6. The number of benzene rings is 1. The number of para-hydroxylation sites is 1. The van der Waals surface area contributed by atoms with Crippen molar-refractivity contribution in [3.63, 3.8) is 0 Å². The van der Waals surface area contributed by atoms with Gasteiger partial charge in [0.15, 0.2) is 11.6 Å². The van der Waals surface area contributed by atoms with Crippen LogP contribution in [0.2, 0.25) is 0 Å². The van der Waals surface area contributed by atoms with Crippen LogP contribution in [-0.4, -0.2) is 44.3 Å². The second kappa shape index (κ2) is 10.2. The standard InChI is InChI=1S/C22H25N5O4S/c1-14-19(22(30)27(26(14)3)16-9-6-5-7-10-16)25-21(29)15(2)32-13-18(28)24-20-17(31-4)11-8-12-23-20/h5-12,15H,13H2,1-4H3,(H,25,29)(H,23,24,28). The van der Waals surface area contributed by atoms with Gasteiger partial charge in [-0.15, -0.1) is 11.8 Å². The molecular formula is C22H25N5O4S. The van der Waals surface area contributed by atoms with Gasteiger partial charge in [0.2, 0.25) is 11.8 Å². The lowest BCUT2D eigenvalue weighted by molar-refractivity contribution is -0.115. The number of ether oxygens (including phenoxy) is 1. The Balaban J connectivity index is 1.64. The van der Waals surface area contributed by atoms with Gasteiger partial charge in [-0.25, -0.2) is 9.67 Å². The van der Waals surface area contributed by atoms with Gasteiger partial charge in [-0.2, -0.15) is 0 Å². The number of pyridine rings is 1. The lowest BCUT2D eigenvalue weighted by Crippen LogP contribution is -2.28. The second-order valence-corrected chi connectivity index (χ2v) is 8.31. The average Bonchev–Trinajstić information content (AvgIpc) is 3.01. The zero-order chi connectivity index (χ0) is 23.3. The maximum absolute atomic E-state index is 12.9. The number of hydrogen-bond acceptors (Lipinski definition) is 6. The summed E-state index contributed by atoms with van der Waals surface area (Å²) < 4.78 is 8.35. The topological polar surface area (TPSA) is 107 Å². The number of amides is 2. The van der Waals surface area contributed by atoms with Crippen LogP contribution < -0.4 is 20.9 Å². The molecule has 10 heteroatoms. The molecule has 0 saturated carbocycles. The zero-order valence-electron chi connectivity index (χ0n) is 18.3. The minimum absolute atomic E-state index is 0.0380. The molecule has 0 spiro atoms. The van der Waals surface area contributed by atoms with Crippen LogP contribution in [-0.2, 0) is 16.6 Å². The summed E-state index contributed by atoms with van der Waals surface area (Å²) in [5.74, 6) is 0.138. The van der Waals surface area contributed by atoms with E-state index in [1.807, 2.05) is 30.3 Å². The Hall–Kier alpha value is -3.53. The van der Waals surface area contributed by atoms with Crippen LogP contribution in [0.15, 0.2) is 53.5 Å². The monoisotopic (exact) mass is 455 g/mol. The largest absolute Gasteiger partial charge is 0.493 e. The lowest BCUT2D eigenvalue weighted by atomic mass is 10.3. The van der Waals surface area contributed by atoms with Gasteiger partial charge >= 0.3 is 0 Å². The van der Waals surface area contributed by atoms with E-state index in [0.29, 0.717) is 22.9 Å². The Morgan fingerprint density at radius 2 is 1.88 bits per heavy atom. The first kappa shape index (κ1) is 23.1. The van der Waals surface area contributed by atoms with Gasteiger partial charge in [-0.1, -0.05) is 18.2 Å². The number of carbonyl (C=O) groups excluding carboxylic acids is 2. The Morgan fingerprint density at radius 1 is 1.16 bits per heavy atom. The number of methoxy groups -OCH3 is 1. The SMILES string of the molecule is COc1cccnc1NC(=O)CSC(C)C(=O)Nc1c(C)n(C)n(-c2ccccc2)c1=O. The molecule has 0 aliphatic heterocycles. The summed E-state index contributed by atoms with van der Waals surface area (Å²) >= 11 is 1.16. The minimum Gasteiger partial charge on any atom is -0.493 e. The Bertz CT molecular complexity index is 1170. The van der Waals surface area contributed by atoms with Crippen molar-refractivity contribution in [2.75, 3.05) is 23.5 Å². The molecule has 1 unspecified atom stereocenters. The second-order valence-electron chi connectivity index (χ2n) is 6.98. The highest BCUT2D eigenvalue weighted by Crippen LogP contribution is 2.21. The highest BCUT2D eigenvalue weighted by atomic mass is 32.2. The van der Waals surface area contributed by atoms with Crippen LogP contribution in [0.3, 0.4) is 0 Å². The fraction of sp³-hybridized carbons (Fsp3) is 0.273. The van der Waals surface area contributed by atoms with Crippen molar-refractivity contribution in [3.05, 3.63) is 64.7 Å². The molecule has 2 amide bonds. The molecule has 3 aromatic rings. The summed E-state index contributed by atoms with van der Waals surface area (Å²) in [5.41, 5.74) is 1.23. The number of aromatic nitrogens is 3. The van der Waals surface area contributed by atoms with Crippen molar-refractivity contribution in [2.24, 2.45) is 7.05 Å². The number of anilines is 2. The molecule has 0 saturated heterocycles. The van der Waals surface area contributed by atoms with E-state index in [9.17, 15) is 14.4 Å². The van der Waals surface area contributed by atoms with Crippen molar-refractivity contribution >= 4 is 35.1 Å². The predicted octanol–water partition coefficient (Wildman–Crippen LogP) is 2.59. The molecule has 2 heterocycles. The summed E-state index contributed by atoms with van der Waals surface area (Å²) in [5, 5.41) is 4.83. The van der Waals surface area contributed by atoms with Crippen molar-refractivity contribution in [3.8, 4) is 11.4 Å². The van der Waals surface area contributed by atoms with Crippen LogP contribution in [0.4, 0.5) is 11.5 Å². The molecule has 3 rings (SSSR count). The van der Waals surface area contributed by atoms with Gasteiger partial charge in [0, 0.05) is 13.2 Å². The van der Waals surface area contributed by atoms with Gasteiger partial charge in [-0.3, -0.25) is 19.1 Å². The molecule has 0 radical (unpaired) electrons. The minimum atomic E-state index is -0.560. The third-order valence-corrected chi connectivity index (χ3v) is 6.03. The molecule has 2 aromatic heterocycles. The smallest absolute Gasteiger partial charge is 0.295 e. The summed E-state index contributed by atoms with van der Waals surface area (Å²) in [6.07, 6.45) is 1.55. The predicted molar refractivity (Wildman–Crippen MR) is 126 cm³/mol. The molecule has 32 heavy (non-hydrogen) atoms. The fourth-order valence-corrected chi connectivity index (χ4v) is 3.71. The van der Waals surface area contributed by atoms with Gasteiger partial charge < -0.3 is 15.4 Å². The maximum Gasteiger partial charge on any atom is 0.295 e. The first-order chi connectivity index (χ1) is 15.3. The number of rotatable bonds is 8. The maximum atomic E-state index is 12.9. The Labute approximate surface area is 189 Å². The Morgan fingerprint density at radius 3 is 2.56 bits per heavy atom. The van der Waals surface area contributed by atoms with Crippen molar-refractivity contribution in [2.45, 2.75) is 19.1 Å². The molecule has 1 atom stereocenters. The van der Waals surface area contributed by atoms with Crippen LogP contribution in [0.5, 0.6) is 5.75 Å². The summed E-state index contributed by atoms with van der Waals surface area (Å²) in [4.78, 5) is 42.0. The zero-order valence-corrected chi connectivity index (χ0v) is 19.1. The molecular weight excluding hydrogens is 430 g/mol. The number of nitrogens with zero attached hydrogens (tertiary/aromatic N) is 3. The van der Waals surface area contributed by atoms with E-state index in [4.69, 9.17) is 4.74 Å². The van der Waals surface area contributed by atoms with E-state index in [1.165, 1.54) is 11.8 Å². The third-order valence-electron chi connectivity index (χ3n) is 4.88. The van der Waals surface area contributed by atoms with Crippen molar-refractivity contribution in [1.29, 1.82) is 0 Å². The van der Waals surface area contributed by atoms with Gasteiger partial charge in [-0.05, 0) is 38.1 Å². The van der Waals surface area contributed by atoms with E-state index >= 15 is 0 Å². The van der Waals surface area contributed by atoms with E-state index in [1.54, 1.807) is 43.9 Å². The van der Waals surface area contributed by atoms with Crippen LogP contribution in [0.25, 0.3) is 5.69 Å². The van der Waals surface area contributed by atoms with E-state index < -0.39 is 5.25 Å². The highest BCUT2D eigenvalue weighted by molar-refractivity contribution is 8.01. The number of thioether (sulfide) groups is 1. The first-order valence-electron chi connectivity index (χ1n) is 9.88. The van der Waals surface area contributed by atoms with E-state index in [2.05, 4.69) is 15.6 Å². The van der Waals surface area contributed by atoms with Crippen LogP contribution in [0.1, 0.15) is 12.6 Å². The van der Waals surface area contributed by atoms with E-state index in [-0.39, 0.29) is 28.8 Å². The molecule has 1 aromatic carbocycles. The van der Waals surface area contributed by atoms with E-state index in [0.717, 1.165) is 11.8 Å². The quantitative estimate of drug-likeness (QED) is 0.541. The Kier molecular flexibility index (Phi) is 7.37. The molecule has 0 fully saturated rings.